The van der Waals surface area contributed by atoms with E-state index in [0.717, 1.165) is 31.5 Å². The van der Waals surface area contributed by atoms with Crippen molar-refractivity contribution in [3.8, 4) is 0 Å². The Morgan fingerprint density at radius 1 is 0.826 bits per heavy atom. The number of carbonyl (C=O) groups excluding carboxylic acids is 1. The van der Waals surface area contributed by atoms with Gasteiger partial charge in [0.15, 0.2) is 5.78 Å². The monoisotopic (exact) mass is 347 g/mol. The molecule has 1 saturated heterocycles. The zero-order valence-corrected chi connectivity index (χ0v) is 14.4. The van der Waals surface area contributed by atoms with Gasteiger partial charge < -0.3 is 0 Å². The highest BCUT2D eigenvalue weighted by Crippen LogP contribution is 2.29. The van der Waals surface area contributed by atoms with Crippen LogP contribution in [0, 0.1) is 0 Å². The number of carbonyl (C=O) groups is 1. The van der Waals surface area contributed by atoms with Crippen LogP contribution in [0.2, 0.25) is 10.0 Å². The maximum atomic E-state index is 13.1. The Morgan fingerprint density at radius 2 is 1.35 bits per heavy atom. The second-order valence-electron chi connectivity index (χ2n) is 5.92. The molecule has 23 heavy (non-hydrogen) atoms. The van der Waals surface area contributed by atoms with E-state index in [-0.39, 0.29) is 11.8 Å². The maximum Gasteiger partial charge on any atom is 0.184 e. The number of rotatable bonds is 4. The number of piperidine rings is 1. The molecule has 3 rings (SSSR count). The molecule has 0 spiro atoms. The summed E-state index contributed by atoms with van der Waals surface area (Å²) in [5.41, 5.74) is 1.69. The maximum absolute atomic E-state index is 13.1. The van der Waals surface area contributed by atoms with Gasteiger partial charge in [-0.05, 0) is 67.9 Å². The Kier molecular flexibility index (Phi) is 5.37. The van der Waals surface area contributed by atoms with Crippen molar-refractivity contribution < 1.29 is 4.79 Å². The average molecular weight is 348 g/mol. The van der Waals surface area contributed by atoms with E-state index >= 15 is 0 Å². The molecule has 2 aromatic rings. The Balaban J connectivity index is 1.94. The number of ketones is 1. The molecule has 1 heterocycles. The van der Waals surface area contributed by atoms with E-state index in [1.165, 1.54) is 6.42 Å². The lowest BCUT2D eigenvalue weighted by molar-refractivity contribution is 0.0783. The molecule has 0 bridgehead atoms. The van der Waals surface area contributed by atoms with Crippen molar-refractivity contribution >= 4 is 29.0 Å². The zero-order chi connectivity index (χ0) is 16.2. The highest BCUT2D eigenvalue weighted by atomic mass is 35.5. The lowest BCUT2D eigenvalue weighted by Gasteiger charge is -2.34. The van der Waals surface area contributed by atoms with Gasteiger partial charge in [0.2, 0.25) is 0 Å². The Bertz CT molecular complexity index is 661. The fourth-order valence-corrected chi connectivity index (χ4v) is 3.37. The summed E-state index contributed by atoms with van der Waals surface area (Å²) in [6, 6.07) is 14.5. The first-order chi connectivity index (χ1) is 11.1. The van der Waals surface area contributed by atoms with Crippen LogP contribution in [0.25, 0.3) is 0 Å². The summed E-state index contributed by atoms with van der Waals surface area (Å²) in [5.74, 6) is 0.117. The molecule has 4 heteroatoms. The van der Waals surface area contributed by atoms with Crippen LogP contribution < -0.4 is 0 Å². The van der Waals surface area contributed by atoms with Gasteiger partial charge in [-0.1, -0.05) is 41.8 Å². The minimum atomic E-state index is -0.256. The molecule has 2 nitrogen and oxygen atoms in total. The van der Waals surface area contributed by atoms with Gasteiger partial charge >= 0.3 is 0 Å². The number of nitrogens with zero attached hydrogens (tertiary/aromatic N) is 1. The van der Waals surface area contributed by atoms with Crippen molar-refractivity contribution in [1.82, 2.24) is 4.90 Å². The topological polar surface area (TPSA) is 20.3 Å². The molecule has 0 saturated carbocycles. The Morgan fingerprint density at radius 3 is 1.91 bits per heavy atom. The van der Waals surface area contributed by atoms with Crippen LogP contribution in [-0.2, 0) is 0 Å². The summed E-state index contributed by atoms with van der Waals surface area (Å²) in [6.07, 6.45) is 3.51. The summed E-state index contributed by atoms with van der Waals surface area (Å²) in [6.45, 7) is 1.90. The average Bonchev–Trinajstić information content (AvgIpc) is 2.58. The molecule has 1 atom stereocenters. The summed E-state index contributed by atoms with van der Waals surface area (Å²) in [5, 5.41) is 1.33. The van der Waals surface area contributed by atoms with Gasteiger partial charge in [0, 0.05) is 15.6 Å². The third-order valence-corrected chi connectivity index (χ3v) is 4.82. The van der Waals surface area contributed by atoms with Crippen molar-refractivity contribution in [2.75, 3.05) is 13.1 Å². The quantitative estimate of drug-likeness (QED) is 0.689. The number of hydrogen-bond acceptors (Lipinski definition) is 2. The van der Waals surface area contributed by atoms with Gasteiger partial charge in [-0.25, -0.2) is 0 Å². The largest absolute Gasteiger partial charge is 0.292 e. The van der Waals surface area contributed by atoms with Crippen molar-refractivity contribution in [2.24, 2.45) is 0 Å². The van der Waals surface area contributed by atoms with Crippen LogP contribution >= 0.6 is 23.2 Å². The number of likely N-dealkylation sites (tertiary alicyclic amines) is 1. The molecule has 1 aliphatic rings. The summed E-state index contributed by atoms with van der Waals surface area (Å²) < 4.78 is 0. The Hall–Kier alpha value is -1.35. The third kappa shape index (κ3) is 3.95. The van der Waals surface area contributed by atoms with Crippen LogP contribution in [-0.4, -0.2) is 23.8 Å². The van der Waals surface area contributed by atoms with Crippen molar-refractivity contribution in [2.45, 2.75) is 25.3 Å². The van der Waals surface area contributed by atoms with E-state index in [1.54, 1.807) is 24.3 Å². The fraction of sp³-hybridized carbons (Fsp3) is 0.316. The molecule has 120 valence electrons. The molecular formula is C19H19Cl2NO. The fourth-order valence-electron chi connectivity index (χ4n) is 3.12. The molecule has 1 fully saturated rings. The van der Waals surface area contributed by atoms with E-state index in [0.29, 0.717) is 15.6 Å². The minimum absolute atomic E-state index is 0.117. The third-order valence-electron chi connectivity index (χ3n) is 4.32. The van der Waals surface area contributed by atoms with Gasteiger partial charge in [-0.3, -0.25) is 9.69 Å². The van der Waals surface area contributed by atoms with E-state index in [4.69, 9.17) is 23.2 Å². The number of halogens is 2. The predicted molar refractivity (Wildman–Crippen MR) is 95.4 cm³/mol. The normalized spacial score (nSPS) is 17.0. The molecular weight excluding hydrogens is 329 g/mol. The van der Waals surface area contributed by atoms with Crippen LogP contribution in [0.1, 0.15) is 41.2 Å². The molecule has 0 aromatic heterocycles. The molecule has 2 aromatic carbocycles. The molecule has 1 aliphatic heterocycles. The van der Waals surface area contributed by atoms with Crippen LogP contribution in [0.5, 0.6) is 0 Å². The Labute approximate surface area is 147 Å². The van der Waals surface area contributed by atoms with E-state index < -0.39 is 0 Å². The molecule has 0 N–H and O–H groups in total. The number of benzene rings is 2. The molecule has 0 unspecified atom stereocenters. The number of hydrogen-bond donors (Lipinski definition) is 0. The lowest BCUT2D eigenvalue weighted by atomic mass is 9.94. The second kappa shape index (κ2) is 7.48. The zero-order valence-electron chi connectivity index (χ0n) is 12.8. The second-order valence-corrected chi connectivity index (χ2v) is 6.79. The highest BCUT2D eigenvalue weighted by molar-refractivity contribution is 6.31. The summed E-state index contributed by atoms with van der Waals surface area (Å²) >= 11 is 11.9. The van der Waals surface area contributed by atoms with Gasteiger partial charge in [0.25, 0.3) is 0 Å². The smallest absolute Gasteiger partial charge is 0.184 e. The standard InChI is InChI=1S/C19H19Cl2NO/c20-16-8-4-14(5-9-16)18(22-12-2-1-3-13-22)19(23)15-6-10-17(21)11-7-15/h4-11,18H,1-3,12-13H2/t18-/m0/s1. The molecule has 0 aliphatic carbocycles. The van der Waals surface area contributed by atoms with Crippen molar-refractivity contribution in [3.05, 3.63) is 69.7 Å². The van der Waals surface area contributed by atoms with Gasteiger partial charge in [0.05, 0.1) is 6.04 Å². The minimum Gasteiger partial charge on any atom is -0.292 e. The SMILES string of the molecule is O=C(c1ccc(Cl)cc1)[C@H](c1ccc(Cl)cc1)N1CCCCC1. The first kappa shape index (κ1) is 16.5. The number of Topliss-reactive ketones (excluding diaryl/α,β-unsaturated/α-hetero) is 1. The highest BCUT2D eigenvalue weighted by Gasteiger charge is 2.29. The van der Waals surface area contributed by atoms with Crippen molar-refractivity contribution in [1.29, 1.82) is 0 Å². The van der Waals surface area contributed by atoms with Crippen LogP contribution in [0.3, 0.4) is 0 Å². The van der Waals surface area contributed by atoms with Crippen molar-refractivity contribution in [3.63, 3.8) is 0 Å². The lowest BCUT2D eigenvalue weighted by Crippen LogP contribution is -2.38. The first-order valence-corrected chi connectivity index (χ1v) is 8.70. The summed E-state index contributed by atoms with van der Waals surface area (Å²) in [7, 11) is 0. The van der Waals surface area contributed by atoms with Crippen LogP contribution in [0.15, 0.2) is 48.5 Å². The van der Waals surface area contributed by atoms with E-state index in [2.05, 4.69) is 4.90 Å². The van der Waals surface area contributed by atoms with Gasteiger partial charge in [0.1, 0.15) is 0 Å². The van der Waals surface area contributed by atoms with Crippen LogP contribution in [0.4, 0.5) is 0 Å². The van der Waals surface area contributed by atoms with Gasteiger partial charge in [-0.15, -0.1) is 0 Å². The van der Waals surface area contributed by atoms with E-state index in [1.807, 2.05) is 24.3 Å². The predicted octanol–water partition coefficient (Wildman–Crippen LogP) is 5.40. The first-order valence-electron chi connectivity index (χ1n) is 7.94. The van der Waals surface area contributed by atoms with E-state index in [9.17, 15) is 4.79 Å². The van der Waals surface area contributed by atoms with Gasteiger partial charge in [-0.2, -0.15) is 0 Å². The molecule has 0 amide bonds. The molecule has 0 radical (unpaired) electrons. The summed E-state index contributed by atoms with van der Waals surface area (Å²) in [4.78, 5) is 15.4.